The van der Waals surface area contributed by atoms with Crippen molar-refractivity contribution in [3.8, 4) is 5.75 Å². The zero-order valence-electron chi connectivity index (χ0n) is 19.6. The number of ether oxygens (including phenoxy) is 1. The average molecular weight is 437 g/mol. The molecule has 0 aromatic heterocycles. The number of hydrogen-bond acceptors (Lipinski definition) is 2. The van der Waals surface area contributed by atoms with Crippen LogP contribution in [0.3, 0.4) is 0 Å². The summed E-state index contributed by atoms with van der Waals surface area (Å²) >= 11 is 0. The molecule has 32 heavy (non-hydrogen) atoms. The van der Waals surface area contributed by atoms with E-state index in [2.05, 4.69) is 6.92 Å². The molecule has 0 aliphatic heterocycles. The number of esters is 1. The number of aryl methyl sites for hydroxylation is 1. The van der Waals surface area contributed by atoms with Crippen LogP contribution in [0.25, 0.3) is 0 Å². The summed E-state index contributed by atoms with van der Waals surface area (Å²) in [5, 5.41) is 0. The average Bonchev–Trinajstić information content (AvgIpc) is 2.80. The smallest absolute Gasteiger partial charge is 0.343 e. The Morgan fingerprint density at radius 2 is 1.72 bits per heavy atom. The predicted molar refractivity (Wildman–Crippen MR) is 128 cm³/mol. The lowest BCUT2D eigenvalue weighted by Gasteiger charge is -2.42. The van der Waals surface area contributed by atoms with E-state index in [1.54, 1.807) is 18.2 Å². The Hall–Kier alpha value is -2.16. The fraction of sp³-hybridized carbons (Fsp3) is 0.552. The lowest BCUT2D eigenvalue weighted by Crippen LogP contribution is -2.30. The SMILES string of the molecule is CCCCCC1CCC2CC(c3ccc(C(=O)Oc4ccc(C)cc4)cc3F)CCC2C1. The summed E-state index contributed by atoms with van der Waals surface area (Å²) in [5.41, 5.74) is 2.15. The Morgan fingerprint density at radius 3 is 2.47 bits per heavy atom. The second-order valence-corrected chi connectivity index (χ2v) is 10.1. The van der Waals surface area contributed by atoms with E-state index in [1.807, 2.05) is 25.1 Å². The molecular formula is C29H37FO2. The van der Waals surface area contributed by atoms with Crippen LogP contribution < -0.4 is 4.74 Å². The van der Waals surface area contributed by atoms with Crippen LogP contribution in [0.2, 0.25) is 0 Å². The molecule has 4 unspecified atom stereocenters. The van der Waals surface area contributed by atoms with Crippen LogP contribution in [0.5, 0.6) is 5.75 Å². The number of carbonyl (C=O) groups is 1. The first-order valence-electron chi connectivity index (χ1n) is 12.6. The van der Waals surface area contributed by atoms with Crippen molar-refractivity contribution in [1.29, 1.82) is 0 Å². The van der Waals surface area contributed by atoms with Gasteiger partial charge in [0.1, 0.15) is 11.6 Å². The first-order chi connectivity index (χ1) is 15.5. The molecule has 2 aliphatic rings. The van der Waals surface area contributed by atoms with Crippen LogP contribution >= 0.6 is 0 Å². The molecule has 0 bridgehead atoms. The molecule has 2 aliphatic carbocycles. The van der Waals surface area contributed by atoms with E-state index in [9.17, 15) is 4.79 Å². The van der Waals surface area contributed by atoms with Gasteiger partial charge in [0.25, 0.3) is 0 Å². The maximum Gasteiger partial charge on any atom is 0.343 e. The second-order valence-electron chi connectivity index (χ2n) is 10.1. The predicted octanol–water partition coefficient (Wildman–Crippen LogP) is 8.23. The van der Waals surface area contributed by atoms with E-state index in [-0.39, 0.29) is 17.3 Å². The maximum absolute atomic E-state index is 15.0. The summed E-state index contributed by atoms with van der Waals surface area (Å²) < 4.78 is 20.4. The molecule has 0 radical (unpaired) electrons. The Bertz CT molecular complexity index is 904. The lowest BCUT2D eigenvalue weighted by molar-refractivity contribution is 0.0734. The van der Waals surface area contributed by atoms with Gasteiger partial charge in [0.2, 0.25) is 0 Å². The highest BCUT2D eigenvalue weighted by atomic mass is 19.1. The van der Waals surface area contributed by atoms with Gasteiger partial charge in [-0.2, -0.15) is 0 Å². The van der Waals surface area contributed by atoms with Gasteiger partial charge < -0.3 is 4.74 Å². The lowest BCUT2D eigenvalue weighted by atomic mass is 9.63. The van der Waals surface area contributed by atoms with Crippen LogP contribution in [0.1, 0.15) is 98.5 Å². The van der Waals surface area contributed by atoms with Crippen molar-refractivity contribution in [3.05, 3.63) is 65.0 Å². The van der Waals surface area contributed by atoms with Gasteiger partial charge in [0, 0.05) is 0 Å². The van der Waals surface area contributed by atoms with Crippen molar-refractivity contribution in [2.75, 3.05) is 0 Å². The zero-order valence-corrected chi connectivity index (χ0v) is 19.6. The van der Waals surface area contributed by atoms with Crippen molar-refractivity contribution < 1.29 is 13.9 Å². The normalized spacial score (nSPS) is 25.2. The summed E-state index contributed by atoms with van der Waals surface area (Å²) in [7, 11) is 0. The molecule has 3 heteroatoms. The number of fused-ring (bicyclic) bond motifs is 1. The standard InChI is InChI=1S/C29H37FO2/c1-3-4-5-6-21-9-10-23-18-24(12-11-22(23)17-21)27-16-13-25(19-28(27)30)29(31)32-26-14-7-20(2)8-15-26/h7-8,13-16,19,21-24H,3-6,9-12,17-18H2,1-2H3. The molecule has 0 saturated heterocycles. The Labute approximate surface area is 192 Å². The number of hydrogen-bond donors (Lipinski definition) is 0. The summed E-state index contributed by atoms with van der Waals surface area (Å²) in [6.07, 6.45) is 12.9. The van der Waals surface area contributed by atoms with E-state index < -0.39 is 5.97 Å². The van der Waals surface area contributed by atoms with E-state index in [0.29, 0.717) is 5.75 Å². The van der Waals surface area contributed by atoms with Crippen LogP contribution in [0.4, 0.5) is 4.39 Å². The van der Waals surface area contributed by atoms with Gasteiger partial charge in [-0.1, -0.05) is 62.8 Å². The van der Waals surface area contributed by atoms with Crippen molar-refractivity contribution in [1.82, 2.24) is 0 Å². The fourth-order valence-corrected chi connectivity index (χ4v) is 5.97. The van der Waals surface area contributed by atoms with Crippen molar-refractivity contribution in [3.63, 3.8) is 0 Å². The largest absolute Gasteiger partial charge is 0.423 e. The summed E-state index contributed by atoms with van der Waals surface area (Å²) in [5.74, 6) is 2.46. The molecule has 0 heterocycles. The van der Waals surface area contributed by atoms with E-state index >= 15 is 4.39 Å². The van der Waals surface area contributed by atoms with Crippen LogP contribution in [-0.4, -0.2) is 5.97 Å². The van der Waals surface area contributed by atoms with E-state index in [4.69, 9.17) is 4.74 Å². The van der Waals surface area contributed by atoms with Gasteiger partial charge in [-0.3, -0.25) is 0 Å². The maximum atomic E-state index is 15.0. The minimum absolute atomic E-state index is 0.264. The summed E-state index contributed by atoms with van der Waals surface area (Å²) in [6.45, 7) is 4.25. The molecule has 2 nitrogen and oxygen atoms in total. The molecule has 2 fully saturated rings. The fourth-order valence-electron chi connectivity index (χ4n) is 5.97. The molecule has 4 atom stereocenters. The van der Waals surface area contributed by atoms with Gasteiger partial charge in [0.15, 0.2) is 0 Å². The highest BCUT2D eigenvalue weighted by Gasteiger charge is 2.36. The van der Waals surface area contributed by atoms with Crippen LogP contribution in [-0.2, 0) is 0 Å². The van der Waals surface area contributed by atoms with Crippen molar-refractivity contribution in [2.45, 2.75) is 84.0 Å². The first kappa shape index (κ1) is 23.0. The number of unbranched alkanes of at least 4 members (excludes halogenated alkanes) is 2. The number of carbonyl (C=O) groups excluding carboxylic acids is 1. The molecule has 0 N–H and O–H groups in total. The first-order valence-corrected chi connectivity index (χ1v) is 12.6. The van der Waals surface area contributed by atoms with Crippen molar-refractivity contribution >= 4 is 5.97 Å². The molecule has 2 aromatic rings. The highest BCUT2D eigenvalue weighted by molar-refractivity contribution is 5.91. The van der Waals surface area contributed by atoms with Gasteiger partial charge in [-0.15, -0.1) is 0 Å². The van der Waals surface area contributed by atoms with Gasteiger partial charge in [0.05, 0.1) is 5.56 Å². The van der Waals surface area contributed by atoms with Gasteiger partial charge >= 0.3 is 5.97 Å². The summed E-state index contributed by atoms with van der Waals surface area (Å²) in [4.78, 5) is 12.5. The topological polar surface area (TPSA) is 26.3 Å². The Kier molecular flexibility index (Phi) is 7.65. The number of rotatable bonds is 7. The third kappa shape index (κ3) is 5.60. The van der Waals surface area contributed by atoms with E-state index in [1.165, 1.54) is 57.4 Å². The quantitative estimate of drug-likeness (QED) is 0.248. The molecule has 0 spiro atoms. The molecule has 172 valence electrons. The van der Waals surface area contributed by atoms with Gasteiger partial charge in [-0.05, 0) is 92.5 Å². The summed E-state index contributed by atoms with van der Waals surface area (Å²) in [6, 6.07) is 12.2. The van der Waals surface area contributed by atoms with Gasteiger partial charge in [-0.25, -0.2) is 9.18 Å². The molecule has 0 amide bonds. The van der Waals surface area contributed by atoms with E-state index in [0.717, 1.165) is 41.7 Å². The number of halogens is 1. The third-order valence-corrected chi connectivity index (χ3v) is 7.85. The molecule has 2 saturated carbocycles. The zero-order chi connectivity index (χ0) is 22.5. The highest BCUT2D eigenvalue weighted by Crippen LogP contribution is 2.48. The monoisotopic (exact) mass is 436 g/mol. The van der Waals surface area contributed by atoms with Crippen LogP contribution in [0, 0.1) is 30.5 Å². The Morgan fingerprint density at radius 1 is 0.969 bits per heavy atom. The third-order valence-electron chi connectivity index (χ3n) is 7.85. The second kappa shape index (κ2) is 10.6. The Balaban J connectivity index is 1.35. The van der Waals surface area contributed by atoms with Crippen LogP contribution in [0.15, 0.2) is 42.5 Å². The molecular weight excluding hydrogens is 399 g/mol. The van der Waals surface area contributed by atoms with Crippen molar-refractivity contribution in [2.24, 2.45) is 17.8 Å². The minimum Gasteiger partial charge on any atom is -0.423 e. The number of benzene rings is 2. The molecule has 4 rings (SSSR count). The minimum atomic E-state index is -0.510. The molecule has 2 aromatic carbocycles.